The minimum atomic E-state index is -0.168. The molecule has 2 heterocycles. The second-order valence-corrected chi connectivity index (χ2v) is 4.07. The first-order valence-electron chi connectivity index (χ1n) is 5.56. The summed E-state index contributed by atoms with van der Waals surface area (Å²) >= 11 is 0. The van der Waals surface area contributed by atoms with E-state index >= 15 is 0 Å². The van der Waals surface area contributed by atoms with E-state index in [1.807, 2.05) is 24.3 Å². The van der Waals surface area contributed by atoms with E-state index in [0.29, 0.717) is 25.1 Å². The molecule has 0 unspecified atom stereocenters. The predicted molar refractivity (Wildman–Crippen MR) is 76.9 cm³/mol. The lowest BCUT2D eigenvalue weighted by atomic mass is 10.1. The SMILES string of the molecule is Cl.Cl.O=C1CCCC(=O)N1c1n[nH]c2ccccc12. The summed E-state index contributed by atoms with van der Waals surface area (Å²) in [6.07, 6.45) is 1.45. The normalized spacial score (nSPS) is 15.1. The van der Waals surface area contributed by atoms with Crippen LogP contribution in [0.25, 0.3) is 10.9 Å². The van der Waals surface area contributed by atoms with E-state index in [1.165, 1.54) is 4.90 Å². The van der Waals surface area contributed by atoms with Crippen molar-refractivity contribution in [1.29, 1.82) is 0 Å². The number of imide groups is 1. The third kappa shape index (κ3) is 2.57. The average molecular weight is 302 g/mol. The highest BCUT2D eigenvalue weighted by atomic mass is 35.5. The first kappa shape index (κ1) is 15.5. The molecule has 1 N–H and O–H groups in total. The molecule has 0 aliphatic carbocycles. The van der Waals surface area contributed by atoms with Gasteiger partial charge in [-0.1, -0.05) is 12.1 Å². The molecule has 5 nitrogen and oxygen atoms in total. The number of fused-ring (bicyclic) bond motifs is 1. The molecule has 0 spiro atoms. The topological polar surface area (TPSA) is 66.1 Å². The van der Waals surface area contributed by atoms with Crippen molar-refractivity contribution in [3.63, 3.8) is 0 Å². The maximum Gasteiger partial charge on any atom is 0.235 e. The van der Waals surface area contributed by atoms with Crippen molar-refractivity contribution >= 4 is 53.3 Å². The lowest BCUT2D eigenvalue weighted by molar-refractivity contribution is -0.129. The highest BCUT2D eigenvalue weighted by molar-refractivity contribution is 6.19. The number of rotatable bonds is 1. The number of hydrogen-bond acceptors (Lipinski definition) is 3. The highest BCUT2D eigenvalue weighted by Crippen LogP contribution is 2.27. The lowest BCUT2D eigenvalue weighted by Gasteiger charge is -2.22. The molecule has 19 heavy (non-hydrogen) atoms. The van der Waals surface area contributed by atoms with Crippen LogP contribution < -0.4 is 4.90 Å². The van der Waals surface area contributed by atoms with Crippen LogP contribution in [0, 0.1) is 0 Å². The molecule has 7 heteroatoms. The number of H-pyrrole nitrogens is 1. The lowest BCUT2D eigenvalue weighted by Crippen LogP contribution is -2.40. The fourth-order valence-corrected chi connectivity index (χ4v) is 2.11. The van der Waals surface area contributed by atoms with Gasteiger partial charge in [0.1, 0.15) is 0 Å². The number of carbonyl (C=O) groups is 2. The van der Waals surface area contributed by atoms with E-state index < -0.39 is 0 Å². The van der Waals surface area contributed by atoms with Crippen LogP contribution in [0.15, 0.2) is 24.3 Å². The van der Waals surface area contributed by atoms with Gasteiger partial charge in [-0.15, -0.1) is 24.8 Å². The largest absolute Gasteiger partial charge is 0.276 e. The maximum atomic E-state index is 11.8. The van der Waals surface area contributed by atoms with Crippen LogP contribution in [0.2, 0.25) is 0 Å². The number of para-hydroxylation sites is 1. The van der Waals surface area contributed by atoms with E-state index in [2.05, 4.69) is 10.2 Å². The summed E-state index contributed by atoms with van der Waals surface area (Å²) in [5.74, 6) is 0.0901. The molecule has 0 bridgehead atoms. The summed E-state index contributed by atoms with van der Waals surface area (Å²) in [6.45, 7) is 0. The average Bonchev–Trinajstić information content (AvgIpc) is 2.73. The van der Waals surface area contributed by atoms with E-state index in [4.69, 9.17) is 0 Å². The number of piperidine rings is 1. The number of benzene rings is 1. The first-order chi connectivity index (χ1) is 8.27. The summed E-state index contributed by atoms with van der Waals surface area (Å²) in [5.41, 5.74) is 0.827. The molecule has 2 aromatic rings. The molecule has 1 aromatic carbocycles. The van der Waals surface area contributed by atoms with Gasteiger partial charge >= 0.3 is 0 Å². The number of amides is 2. The minimum Gasteiger partial charge on any atom is -0.276 e. The summed E-state index contributed by atoms with van der Waals surface area (Å²) in [4.78, 5) is 24.8. The van der Waals surface area contributed by atoms with Gasteiger partial charge in [0.05, 0.1) is 5.52 Å². The zero-order valence-electron chi connectivity index (χ0n) is 9.96. The van der Waals surface area contributed by atoms with Gasteiger partial charge in [-0.25, -0.2) is 4.90 Å². The van der Waals surface area contributed by atoms with Gasteiger partial charge in [0.15, 0.2) is 5.82 Å². The van der Waals surface area contributed by atoms with E-state index in [0.717, 1.165) is 10.9 Å². The molecule has 1 aromatic heterocycles. The number of carbonyl (C=O) groups excluding carboxylic acids is 2. The van der Waals surface area contributed by atoms with Gasteiger partial charge < -0.3 is 0 Å². The molecule has 1 saturated heterocycles. The quantitative estimate of drug-likeness (QED) is 0.823. The van der Waals surface area contributed by atoms with Crippen molar-refractivity contribution in [2.75, 3.05) is 4.90 Å². The van der Waals surface area contributed by atoms with Crippen LogP contribution in [-0.2, 0) is 9.59 Å². The second kappa shape index (κ2) is 6.04. The van der Waals surface area contributed by atoms with Crippen LogP contribution in [0.1, 0.15) is 19.3 Å². The number of aromatic amines is 1. The van der Waals surface area contributed by atoms with Crippen molar-refractivity contribution in [2.24, 2.45) is 0 Å². The van der Waals surface area contributed by atoms with Crippen LogP contribution in [0.4, 0.5) is 5.82 Å². The van der Waals surface area contributed by atoms with Gasteiger partial charge in [0.25, 0.3) is 0 Å². The van der Waals surface area contributed by atoms with Gasteiger partial charge in [0, 0.05) is 18.2 Å². The molecule has 102 valence electrons. The third-order valence-corrected chi connectivity index (χ3v) is 2.94. The summed E-state index contributed by atoms with van der Waals surface area (Å²) in [7, 11) is 0. The Morgan fingerprint density at radius 2 is 1.68 bits per heavy atom. The summed E-state index contributed by atoms with van der Waals surface area (Å²) < 4.78 is 0. The Labute approximate surface area is 122 Å². The Hall–Kier alpha value is -1.59. The second-order valence-electron chi connectivity index (χ2n) is 4.07. The fourth-order valence-electron chi connectivity index (χ4n) is 2.11. The monoisotopic (exact) mass is 301 g/mol. The molecule has 1 aliphatic rings. The number of halogens is 2. The van der Waals surface area contributed by atoms with Gasteiger partial charge in [-0.2, -0.15) is 5.10 Å². The Bertz CT molecular complexity index is 596. The minimum absolute atomic E-state index is 0. The zero-order valence-corrected chi connectivity index (χ0v) is 11.6. The van der Waals surface area contributed by atoms with E-state index in [1.54, 1.807) is 0 Å². The highest BCUT2D eigenvalue weighted by Gasteiger charge is 2.30. The predicted octanol–water partition coefficient (Wildman–Crippen LogP) is 2.45. The van der Waals surface area contributed by atoms with Crippen molar-refractivity contribution in [3.8, 4) is 0 Å². The standard InChI is InChI=1S/C12H11N3O2.2ClH/c16-10-6-3-7-11(17)15(10)12-8-4-1-2-5-9(8)13-14-12;;/h1-2,4-5H,3,6-7H2,(H,13,14);2*1H. The number of aromatic nitrogens is 2. The third-order valence-electron chi connectivity index (χ3n) is 2.94. The number of anilines is 1. The summed E-state index contributed by atoms with van der Waals surface area (Å²) in [6, 6.07) is 7.46. The number of nitrogens with zero attached hydrogens (tertiary/aromatic N) is 2. The Morgan fingerprint density at radius 1 is 1.05 bits per heavy atom. The van der Waals surface area contributed by atoms with Crippen molar-refractivity contribution < 1.29 is 9.59 Å². The first-order valence-corrected chi connectivity index (χ1v) is 5.56. The van der Waals surface area contributed by atoms with Crippen molar-refractivity contribution in [2.45, 2.75) is 19.3 Å². The van der Waals surface area contributed by atoms with E-state index in [-0.39, 0.29) is 36.6 Å². The molecular weight excluding hydrogens is 289 g/mol. The molecule has 3 rings (SSSR count). The van der Waals surface area contributed by atoms with Crippen LogP contribution >= 0.6 is 24.8 Å². The Morgan fingerprint density at radius 3 is 2.37 bits per heavy atom. The number of hydrogen-bond donors (Lipinski definition) is 1. The molecule has 0 saturated carbocycles. The molecule has 0 radical (unpaired) electrons. The van der Waals surface area contributed by atoms with Gasteiger partial charge in [-0.3, -0.25) is 14.7 Å². The summed E-state index contributed by atoms with van der Waals surface area (Å²) in [5, 5.41) is 7.71. The smallest absolute Gasteiger partial charge is 0.235 e. The Kier molecular flexibility index (Phi) is 4.91. The molecular formula is C12H13Cl2N3O2. The van der Waals surface area contributed by atoms with E-state index in [9.17, 15) is 9.59 Å². The molecule has 0 atom stereocenters. The van der Waals surface area contributed by atoms with Crippen LogP contribution in [0.5, 0.6) is 0 Å². The molecule has 2 amide bonds. The molecule has 1 fully saturated rings. The van der Waals surface area contributed by atoms with Gasteiger partial charge in [0.2, 0.25) is 11.8 Å². The Balaban J connectivity index is 0.000000902. The van der Waals surface area contributed by atoms with Crippen LogP contribution in [-0.4, -0.2) is 22.0 Å². The fraction of sp³-hybridized carbons (Fsp3) is 0.250. The van der Waals surface area contributed by atoms with Crippen LogP contribution in [0.3, 0.4) is 0 Å². The molecule has 1 aliphatic heterocycles. The van der Waals surface area contributed by atoms with Gasteiger partial charge in [-0.05, 0) is 18.6 Å². The number of nitrogens with one attached hydrogen (secondary N) is 1. The maximum absolute atomic E-state index is 11.8. The zero-order chi connectivity index (χ0) is 11.8. The van der Waals surface area contributed by atoms with Crippen molar-refractivity contribution in [1.82, 2.24) is 10.2 Å². The van der Waals surface area contributed by atoms with Crippen molar-refractivity contribution in [3.05, 3.63) is 24.3 Å².